The number of aromatic amines is 1. The van der Waals surface area contributed by atoms with Crippen LogP contribution < -0.4 is 11.1 Å². The summed E-state index contributed by atoms with van der Waals surface area (Å²) in [6.07, 6.45) is 5.30. The lowest BCUT2D eigenvalue weighted by Crippen LogP contribution is -2.13. The Kier molecular flexibility index (Phi) is 4.00. The number of hydrogen-bond acceptors (Lipinski definition) is 5. The first-order chi connectivity index (χ1) is 13.7. The quantitative estimate of drug-likeness (QED) is 0.472. The van der Waals surface area contributed by atoms with E-state index < -0.39 is 0 Å². The molecule has 5 rings (SSSR count). The van der Waals surface area contributed by atoms with Crippen LogP contribution in [0.5, 0.6) is 0 Å². The van der Waals surface area contributed by atoms with Crippen molar-refractivity contribution in [2.24, 2.45) is 0 Å². The fourth-order valence-electron chi connectivity index (χ4n) is 3.70. The van der Waals surface area contributed by atoms with Crippen LogP contribution in [0, 0.1) is 0 Å². The van der Waals surface area contributed by atoms with E-state index in [1.807, 2.05) is 18.3 Å². The van der Waals surface area contributed by atoms with E-state index in [9.17, 15) is 0 Å². The van der Waals surface area contributed by atoms with Crippen LogP contribution >= 0.6 is 0 Å². The summed E-state index contributed by atoms with van der Waals surface area (Å²) in [4.78, 5) is 4.52. The van der Waals surface area contributed by atoms with Crippen LogP contribution in [0.15, 0.2) is 48.7 Å². The number of nitrogens with zero attached hydrogens (tertiary/aromatic N) is 4. The second kappa shape index (κ2) is 6.67. The second-order valence-electron chi connectivity index (χ2n) is 7.34. The maximum absolute atomic E-state index is 5.98. The van der Waals surface area contributed by atoms with Crippen LogP contribution in [0.4, 0.5) is 11.8 Å². The average Bonchev–Trinajstić information content (AvgIpc) is 3.29. The molecule has 28 heavy (non-hydrogen) atoms. The molecule has 3 aromatic heterocycles. The molecule has 7 nitrogen and oxygen atoms in total. The molecule has 1 atom stereocenters. The van der Waals surface area contributed by atoms with E-state index in [0.717, 1.165) is 29.0 Å². The third-order valence-corrected chi connectivity index (χ3v) is 5.34. The van der Waals surface area contributed by atoms with Gasteiger partial charge < -0.3 is 11.1 Å². The highest BCUT2D eigenvalue weighted by Gasteiger charge is 2.26. The molecule has 1 aliphatic rings. The van der Waals surface area contributed by atoms with Crippen molar-refractivity contribution in [3.05, 3.63) is 59.9 Å². The summed E-state index contributed by atoms with van der Waals surface area (Å²) in [5.74, 6) is 1.59. The number of nitrogens with one attached hydrogen (secondary N) is 2. The van der Waals surface area contributed by atoms with Gasteiger partial charge >= 0.3 is 0 Å². The Morgan fingerprint density at radius 2 is 2.07 bits per heavy atom. The number of nitrogens with two attached hydrogens (primary N) is 1. The first-order valence-electron chi connectivity index (χ1n) is 9.75. The molecule has 1 fully saturated rings. The highest BCUT2D eigenvalue weighted by atomic mass is 15.3. The molecular formula is C21H23N7. The molecule has 0 unspecified atom stereocenters. The van der Waals surface area contributed by atoms with E-state index in [1.165, 1.54) is 24.1 Å². The minimum Gasteiger partial charge on any atom is -0.366 e. The number of nitrogen functional groups attached to an aromatic ring is 1. The van der Waals surface area contributed by atoms with Crippen molar-refractivity contribution in [1.82, 2.24) is 24.8 Å². The molecule has 4 N–H and O–H groups in total. The van der Waals surface area contributed by atoms with Gasteiger partial charge in [-0.3, -0.25) is 5.10 Å². The van der Waals surface area contributed by atoms with Gasteiger partial charge in [0.1, 0.15) is 5.52 Å². The summed E-state index contributed by atoms with van der Waals surface area (Å²) in [5.41, 5.74) is 11.2. The first-order valence-corrected chi connectivity index (χ1v) is 9.75. The maximum Gasteiger partial charge on any atom is 0.240 e. The minimum absolute atomic E-state index is 0.128. The van der Waals surface area contributed by atoms with Crippen LogP contribution in [0.2, 0.25) is 0 Å². The molecule has 7 heteroatoms. The number of hydrogen-bond donors (Lipinski definition) is 3. The number of anilines is 2. The molecule has 1 aromatic carbocycles. The molecule has 0 saturated heterocycles. The van der Waals surface area contributed by atoms with Gasteiger partial charge in [-0.25, -0.2) is 4.52 Å². The number of rotatable bonds is 6. The molecule has 0 bridgehead atoms. The number of aromatic nitrogens is 5. The third kappa shape index (κ3) is 2.98. The van der Waals surface area contributed by atoms with E-state index in [0.29, 0.717) is 5.92 Å². The Bertz CT molecular complexity index is 1110. The zero-order valence-electron chi connectivity index (χ0n) is 15.8. The normalized spacial score (nSPS) is 15.0. The van der Waals surface area contributed by atoms with E-state index in [4.69, 9.17) is 5.73 Å². The average molecular weight is 373 g/mol. The lowest BCUT2D eigenvalue weighted by molar-refractivity contribution is 0.742. The lowest BCUT2D eigenvalue weighted by Gasteiger charge is -2.19. The highest BCUT2D eigenvalue weighted by Crippen LogP contribution is 2.40. The van der Waals surface area contributed by atoms with Gasteiger partial charge in [-0.05, 0) is 37.0 Å². The number of fused-ring (bicyclic) bond motifs is 1. The first kappa shape index (κ1) is 16.8. The predicted octanol–water partition coefficient (Wildman–Crippen LogP) is 4.14. The van der Waals surface area contributed by atoms with Crippen molar-refractivity contribution in [2.75, 3.05) is 11.1 Å². The zero-order chi connectivity index (χ0) is 19.1. The molecule has 0 aliphatic heterocycles. The molecule has 0 amide bonds. The van der Waals surface area contributed by atoms with Crippen molar-refractivity contribution < 1.29 is 0 Å². The van der Waals surface area contributed by atoms with Crippen LogP contribution in [0.25, 0.3) is 16.8 Å². The topological polar surface area (TPSA) is 96.9 Å². The number of H-pyrrole nitrogens is 1. The van der Waals surface area contributed by atoms with Gasteiger partial charge in [-0.2, -0.15) is 10.1 Å². The molecule has 4 aromatic rings. The second-order valence-corrected chi connectivity index (χ2v) is 7.34. The van der Waals surface area contributed by atoms with Crippen molar-refractivity contribution in [1.29, 1.82) is 0 Å². The van der Waals surface area contributed by atoms with E-state index in [2.05, 4.69) is 62.9 Å². The fourth-order valence-corrected chi connectivity index (χ4v) is 3.70. The van der Waals surface area contributed by atoms with Crippen molar-refractivity contribution >= 4 is 17.3 Å². The molecule has 0 radical (unpaired) electrons. The van der Waals surface area contributed by atoms with Gasteiger partial charge in [0.2, 0.25) is 5.95 Å². The van der Waals surface area contributed by atoms with E-state index in [-0.39, 0.29) is 12.0 Å². The van der Waals surface area contributed by atoms with Gasteiger partial charge in [0, 0.05) is 23.4 Å². The fraction of sp³-hybridized carbons (Fsp3) is 0.286. The Hall–Kier alpha value is -3.35. The van der Waals surface area contributed by atoms with Crippen LogP contribution in [0.3, 0.4) is 0 Å². The molecule has 1 aliphatic carbocycles. The maximum atomic E-state index is 5.98. The lowest BCUT2D eigenvalue weighted by atomic mass is 10.0. The van der Waals surface area contributed by atoms with Crippen molar-refractivity contribution in [2.45, 2.75) is 38.1 Å². The third-order valence-electron chi connectivity index (χ3n) is 5.34. The van der Waals surface area contributed by atoms with Gasteiger partial charge in [0.15, 0.2) is 5.82 Å². The Balaban J connectivity index is 1.58. The molecule has 0 spiro atoms. The van der Waals surface area contributed by atoms with Crippen molar-refractivity contribution in [3.8, 4) is 11.3 Å². The SMILES string of the molecule is CC[C@H](Nc1nc(N)nn2ccc(-c3cc(C4CC4)[nH]n3)c12)c1ccccc1. The van der Waals surface area contributed by atoms with Crippen molar-refractivity contribution in [3.63, 3.8) is 0 Å². The smallest absolute Gasteiger partial charge is 0.240 e. The summed E-state index contributed by atoms with van der Waals surface area (Å²) in [7, 11) is 0. The molecule has 142 valence electrons. The summed E-state index contributed by atoms with van der Waals surface area (Å²) < 4.78 is 1.78. The molecule has 3 heterocycles. The standard InChI is InChI=1S/C21H23N7/c1-2-16(13-6-4-3-5-7-13)23-20-19-15(10-11-28(19)27-21(22)24-20)18-12-17(25-26-18)14-8-9-14/h3-7,10-12,14,16H,2,8-9H2,1H3,(H,25,26)(H3,22,23,24,27)/t16-/m0/s1. The summed E-state index contributed by atoms with van der Waals surface area (Å²) in [5, 5.41) is 15.6. The predicted molar refractivity (Wildman–Crippen MR) is 110 cm³/mol. The van der Waals surface area contributed by atoms with E-state index in [1.54, 1.807) is 4.52 Å². The van der Waals surface area contributed by atoms with E-state index >= 15 is 0 Å². The van der Waals surface area contributed by atoms with Crippen LogP contribution in [-0.4, -0.2) is 24.8 Å². The Morgan fingerprint density at radius 1 is 1.25 bits per heavy atom. The Labute approximate surface area is 163 Å². The summed E-state index contributed by atoms with van der Waals surface area (Å²) in [6.45, 7) is 2.15. The van der Waals surface area contributed by atoms with Crippen LogP contribution in [-0.2, 0) is 0 Å². The Morgan fingerprint density at radius 3 is 2.82 bits per heavy atom. The summed E-state index contributed by atoms with van der Waals surface area (Å²) in [6, 6.07) is 14.7. The van der Waals surface area contributed by atoms with Crippen LogP contribution in [0.1, 0.15) is 49.4 Å². The molecule has 1 saturated carbocycles. The van der Waals surface area contributed by atoms with Gasteiger partial charge in [0.25, 0.3) is 0 Å². The number of benzene rings is 1. The van der Waals surface area contributed by atoms with Gasteiger partial charge in [-0.15, -0.1) is 5.10 Å². The van der Waals surface area contributed by atoms with Gasteiger partial charge in [0.05, 0.1) is 11.7 Å². The highest BCUT2D eigenvalue weighted by molar-refractivity contribution is 5.87. The molecular weight excluding hydrogens is 350 g/mol. The summed E-state index contributed by atoms with van der Waals surface area (Å²) >= 11 is 0. The monoisotopic (exact) mass is 373 g/mol. The minimum atomic E-state index is 0.128. The van der Waals surface area contributed by atoms with Gasteiger partial charge in [-0.1, -0.05) is 37.3 Å². The zero-order valence-corrected chi connectivity index (χ0v) is 15.8. The largest absolute Gasteiger partial charge is 0.366 e.